The van der Waals surface area contributed by atoms with E-state index in [1.54, 1.807) is 0 Å². The van der Waals surface area contributed by atoms with Crippen molar-refractivity contribution in [3.63, 3.8) is 0 Å². The van der Waals surface area contributed by atoms with E-state index in [-0.39, 0.29) is 0 Å². The highest BCUT2D eigenvalue weighted by Gasteiger charge is 2.07. The van der Waals surface area contributed by atoms with Crippen molar-refractivity contribution in [1.29, 1.82) is 0 Å². The van der Waals surface area contributed by atoms with Crippen molar-refractivity contribution in [2.24, 2.45) is 0 Å². The van der Waals surface area contributed by atoms with E-state index in [1.165, 1.54) is 0 Å². The van der Waals surface area contributed by atoms with Gasteiger partial charge in [0.05, 0.1) is 17.1 Å². The maximum atomic E-state index is 10.5. The first kappa shape index (κ1) is 10.4. The first-order valence-corrected chi connectivity index (χ1v) is 5.05. The topological polar surface area (TPSA) is 46.9 Å². The first-order valence-electron chi connectivity index (χ1n) is 5.05. The Bertz CT molecular complexity index is 517. The second kappa shape index (κ2) is 4.18. The second-order valence-corrected chi connectivity index (χ2v) is 3.62. The molecule has 0 aliphatic heterocycles. The number of aromatic nitrogens is 2. The van der Waals surface area contributed by atoms with Gasteiger partial charge in [-0.1, -0.05) is 12.1 Å². The molecule has 0 spiro atoms. The molecule has 1 aromatic carbocycles. The molecule has 0 unspecified atom stereocenters. The molecular weight excluding hydrogens is 202 g/mol. The molecule has 4 nitrogen and oxygen atoms in total. The van der Waals surface area contributed by atoms with E-state index in [4.69, 9.17) is 0 Å². The minimum absolute atomic E-state index is 0.671. The number of amides is 1. The van der Waals surface area contributed by atoms with Gasteiger partial charge in [-0.05, 0) is 32.0 Å². The molecule has 2 rings (SSSR count). The van der Waals surface area contributed by atoms with Crippen molar-refractivity contribution < 1.29 is 4.79 Å². The number of benzene rings is 1. The summed E-state index contributed by atoms with van der Waals surface area (Å²) in [6.07, 6.45) is 0.671. The molecular formula is C12H13N3O. The van der Waals surface area contributed by atoms with Gasteiger partial charge in [-0.3, -0.25) is 4.79 Å². The molecule has 0 bridgehead atoms. The van der Waals surface area contributed by atoms with Crippen molar-refractivity contribution in [3.05, 3.63) is 41.7 Å². The Balaban J connectivity index is 2.54. The largest absolute Gasteiger partial charge is 0.327 e. The Morgan fingerprint density at radius 1 is 1.31 bits per heavy atom. The molecule has 16 heavy (non-hydrogen) atoms. The fourth-order valence-electron chi connectivity index (χ4n) is 1.72. The number of para-hydroxylation sites is 2. The highest BCUT2D eigenvalue weighted by Crippen LogP contribution is 2.20. The van der Waals surface area contributed by atoms with E-state index in [0.29, 0.717) is 6.41 Å². The summed E-state index contributed by atoms with van der Waals surface area (Å²) in [5, 5.41) is 7.05. The first-order chi connectivity index (χ1) is 7.72. The monoisotopic (exact) mass is 215 g/mol. The highest BCUT2D eigenvalue weighted by atomic mass is 16.1. The third-order valence-electron chi connectivity index (χ3n) is 2.36. The number of anilines is 1. The van der Waals surface area contributed by atoms with Crippen LogP contribution < -0.4 is 5.32 Å². The molecule has 0 saturated heterocycles. The maximum Gasteiger partial charge on any atom is 0.211 e. The lowest BCUT2D eigenvalue weighted by Gasteiger charge is -2.09. The lowest BCUT2D eigenvalue weighted by Crippen LogP contribution is -2.04. The summed E-state index contributed by atoms with van der Waals surface area (Å²) in [7, 11) is 0. The normalized spacial score (nSPS) is 10.1. The molecule has 1 amide bonds. The van der Waals surface area contributed by atoms with Gasteiger partial charge in [-0.2, -0.15) is 5.10 Å². The third kappa shape index (κ3) is 1.82. The van der Waals surface area contributed by atoms with Crippen LogP contribution in [0.1, 0.15) is 11.4 Å². The van der Waals surface area contributed by atoms with Gasteiger partial charge in [-0.15, -0.1) is 0 Å². The van der Waals surface area contributed by atoms with Crippen LogP contribution in [0.4, 0.5) is 5.69 Å². The zero-order chi connectivity index (χ0) is 11.5. The number of hydrogen-bond acceptors (Lipinski definition) is 2. The van der Waals surface area contributed by atoms with E-state index >= 15 is 0 Å². The molecule has 1 N–H and O–H groups in total. The second-order valence-electron chi connectivity index (χ2n) is 3.62. The van der Waals surface area contributed by atoms with Crippen molar-refractivity contribution >= 4 is 12.1 Å². The number of carbonyl (C=O) groups is 1. The SMILES string of the molecule is Cc1cc(C)n(-c2ccccc2NC=O)n1. The van der Waals surface area contributed by atoms with E-state index in [2.05, 4.69) is 10.4 Å². The molecule has 0 atom stereocenters. The van der Waals surface area contributed by atoms with Gasteiger partial charge in [0, 0.05) is 5.69 Å². The van der Waals surface area contributed by atoms with Gasteiger partial charge in [0.15, 0.2) is 0 Å². The van der Waals surface area contributed by atoms with Crippen LogP contribution in [0.3, 0.4) is 0 Å². The van der Waals surface area contributed by atoms with Crippen molar-refractivity contribution in [2.45, 2.75) is 13.8 Å². The zero-order valence-corrected chi connectivity index (χ0v) is 9.27. The minimum atomic E-state index is 0.671. The summed E-state index contributed by atoms with van der Waals surface area (Å²) in [6.45, 7) is 3.93. The standard InChI is InChI=1S/C12H13N3O/c1-9-7-10(2)15(14-9)12-6-4-3-5-11(12)13-8-16/h3-8H,1-2H3,(H,13,16). The Labute approximate surface area is 93.9 Å². The van der Waals surface area contributed by atoms with Gasteiger partial charge >= 0.3 is 0 Å². The summed E-state index contributed by atoms with van der Waals surface area (Å²) in [6, 6.07) is 9.56. The predicted octanol–water partition coefficient (Wildman–Crippen LogP) is 2.06. The van der Waals surface area contributed by atoms with Crippen LogP contribution in [0.15, 0.2) is 30.3 Å². The van der Waals surface area contributed by atoms with Gasteiger partial charge in [0.25, 0.3) is 0 Å². The molecule has 0 aliphatic rings. The van der Waals surface area contributed by atoms with E-state index in [0.717, 1.165) is 22.8 Å². The molecule has 0 radical (unpaired) electrons. The van der Waals surface area contributed by atoms with Gasteiger partial charge in [0.1, 0.15) is 0 Å². The van der Waals surface area contributed by atoms with Crippen molar-refractivity contribution in [3.8, 4) is 5.69 Å². The molecule has 2 aromatic rings. The van der Waals surface area contributed by atoms with Gasteiger partial charge < -0.3 is 5.32 Å². The van der Waals surface area contributed by atoms with Gasteiger partial charge in [0.2, 0.25) is 6.41 Å². The van der Waals surface area contributed by atoms with Crippen LogP contribution in [0.2, 0.25) is 0 Å². The van der Waals surface area contributed by atoms with Crippen LogP contribution in [0.25, 0.3) is 5.69 Å². The predicted molar refractivity (Wildman–Crippen MR) is 62.7 cm³/mol. The average molecular weight is 215 g/mol. The molecule has 1 aromatic heterocycles. The molecule has 0 aliphatic carbocycles. The molecule has 4 heteroatoms. The lowest BCUT2D eigenvalue weighted by atomic mass is 10.2. The molecule has 82 valence electrons. The quantitative estimate of drug-likeness (QED) is 0.796. The Hall–Kier alpha value is -2.10. The average Bonchev–Trinajstić information content (AvgIpc) is 2.59. The summed E-state index contributed by atoms with van der Waals surface area (Å²) < 4.78 is 1.82. The van der Waals surface area contributed by atoms with Gasteiger partial charge in [-0.25, -0.2) is 4.68 Å². The summed E-state index contributed by atoms with van der Waals surface area (Å²) in [4.78, 5) is 10.5. The fourth-order valence-corrected chi connectivity index (χ4v) is 1.72. The lowest BCUT2D eigenvalue weighted by molar-refractivity contribution is -0.105. The van der Waals surface area contributed by atoms with E-state index in [9.17, 15) is 4.79 Å². The van der Waals surface area contributed by atoms with Crippen LogP contribution in [-0.2, 0) is 4.79 Å². The van der Waals surface area contributed by atoms with Crippen LogP contribution in [-0.4, -0.2) is 16.2 Å². The number of nitrogens with one attached hydrogen (secondary N) is 1. The zero-order valence-electron chi connectivity index (χ0n) is 9.27. The maximum absolute atomic E-state index is 10.5. The molecule has 0 fully saturated rings. The Morgan fingerprint density at radius 2 is 2.06 bits per heavy atom. The highest BCUT2D eigenvalue weighted by molar-refractivity contribution is 5.77. The van der Waals surface area contributed by atoms with Crippen LogP contribution in [0.5, 0.6) is 0 Å². The van der Waals surface area contributed by atoms with Crippen molar-refractivity contribution in [2.75, 3.05) is 5.32 Å². The summed E-state index contributed by atoms with van der Waals surface area (Å²) in [5.41, 5.74) is 3.62. The summed E-state index contributed by atoms with van der Waals surface area (Å²) in [5.74, 6) is 0. The van der Waals surface area contributed by atoms with Crippen molar-refractivity contribution in [1.82, 2.24) is 9.78 Å². The minimum Gasteiger partial charge on any atom is -0.327 e. The van der Waals surface area contributed by atoms with E-state index in [1.807, 2.05) is 48.9 Å². The van der Waals surface area contributed by atoms with Crippen LogP contribution in [0, 0.1) is 13.8 Å². The van der Waals surface area contributed by atoms with E-state index < -0.39 is 0 Å². The number of rotatable bonds is 3. The number of carbonyl (C=O) groups excluding carboxylic acids is 1. The Kier molecular flexibility index (Phi) is 2.72. The third-order valence-corrected chi connectivity index (χ3v) is 2.36. The fraction of sp³-hybridized carbons (Fsp3) is 0.167. The summed E-state index contributed by atoms with van der Waals surface area (Å²) >= 11 is 0. The molecule has 0 saturated carbocycles. The smallest absolute Gasteiger partial charge is 0.211 e. The molecule has 1 heterocycles. The number of aryl methyl sites for hydroxylation is 2. The number of nitrogens with zero attached hydrogens (tertiary/aromatic N) is 2. The van der Waals surface area contributed by atoms with Crippen LogP contribution >= 0.6 is 0 Å². The Morgan fingerprint density at radius 3 is 2.69 bits per heavy atom. The number of hydrogen-bond donors (Lipinski definition) is 1.